The Morgan fingerprint density at radius 3 is 2.45 bits per heavy atom. The van der Waals surface area contributed by atoms with Crippen LogP contribution in [0, 0.1) is 0 Å². The molecule has 0 aliphatic rings. The summed E-state index contributed by atoms with van der Waals surface area (Å²) in [5.74, 6) is -0.964. The maximum Gasteiger partial charge on any atom is 0.331 e. The number of hydrogen-bond acceptors (Lipinski definition) is 2. The van der Waals surface area contributed by atoms with Gasteiger partial charge in [0.05, 0.1) is 0 Å². The minimum atomic E-state index is -0.964. The molecule has 0 aromatic rings. The van der Waals surface area contributed by atoms with E-state index in [1.54, 1.807) is 0 Å². The van der Waals surface area contributed by atoms with Crippen LogP contribution in [0.25, 0.3) is 0 Å². The molecule has 0 spiro atoms. The molecule has 2 N–H and O–H groups in total. The molecule has 0 aromatic heterocycles. The first-order valence-corrected chi connectivity index (χ1v) is 3.29. The van der Waals surface area contributed by atoms with Crippen molar-refractivity contribution in [3.8, 4) is 0 Å². The maximum absolute atomic E-state index is 10.4. The molecule has 11 heavy (non-hydrogen) atoms. The van der Waals surface area contributed by atoms with Gasteiger partial charge < -0.3 is 10.2 Å². The summed E-state index contributed by atoms with van der Waals surface area (Å²) in [6, 6.07) is 0. The van der Waals surface area contributed by atoms with E-state index >= 15 is 0 Å². The average molecular weight is 156 g/mol. The minimum Gasteiger partial charge on any atom is -0.478 e. The fourth-order valence-corrected chi connectivity index (χ4v) is 0.700. The molecule has 0 fully saturated rings. The van der Waals surface area contributed by atoms with Gasteiger partial charge in [-0.05, 0) is 18.9 Å². The molecule has 0 atom stereocenters. The van der Waals surface area contributed by atoms with Crippen molar-refractivity contribution in [2.45, 2.75) is 13.3 Å². The summed E-state index contributed by atoms with van der Waals surface area (Å²) in [5.41, 5.74) is 0.828. The van der Waals surface area contributed by atoms with Crippen LogP contribution in [0.5, 0.6) is 0 Å². The summed E-state index contributed by atoms with van der Waals surface area (Å²) in [7, 11) is 0. The predicted molar refractivity (Wildman–Crippen MR) is 42.2 cm³/mol. The second-order valence-corrected chi connectivity index (χ2v) is 2.13. The van der Waals surface area contributed by atoms with Crippen molar-refractivity contribution in [1.29, 1.82) is 0 Å². The van der Waals surface area contributed by atoms with Gasteiger partial charge in [-0.15, -0.1) is 0 Å². The van der Waals surface area contributed by atoms with E-state index in [-0.39, 0.29) is 12.2 Å². The normalized spacial score (nSPS) is 12.2. The van der Waals surface area contributed by atoms with Gasteiger partial charge in [0.15, 0.2) is 0 Å². The number of aliphatic hydroxyl groups is 1. The van der Waals surface area contributed by atoms with E-state index < -0.39 is 5.97 Å². The molecule has 62 valence electrons. The first-order chi connectivity index (χ1) is 5.13. The lowest BCUT2D eigenvalue weighted by molar-refractivity contribution is -0.132. The predicted octanol–water partition coefficient (Wildman–Crippen LogP) is 0.956. The van der Waals surface area contributed by atoms with Gasteiger partial charge in [0, 0.05) is 12.2 Å². The monoisotopic (exact) mass is 156 g/mol. The zero-order chi connectivity index (χ0) is 8.85. The van der Waals surface area contributed by atoms with Crippen LogP contribution >= 0.6 is 0 Å². The molecule has 0 rings (SSSR count). The SMILES string of the molecule is C=CC(CCO)=C(C)C(=O)O. The molecule has 0 unspecified atom stereocenters. The third-order valence-corrected chi connectivity index (χ3v) is 1.43. The van der Waals surface area contributed by atoms with E-state index in [2.05, 4.69) is 6.58 Å². The quantitative estimate of drug-likeness (QED) is 0.470. The lowest BCUT2D eigenvalue weighted by Gasteiger charge is -2.01. The number of allylic oxidation sites excluding steroid dienone is 1. The number of carbonyl (C=O) groups is 1. The molecular formula is C8H12O3. The Balaban J connectivity index is 4.53. The van der Waals surface area contributed by atoms with Crippen molar-refractivity contribution >= 4 is 5.97 Å². The Morgan fingerprint density at radius 1 is 1.64 bits per heavy atom. The van der Waals surface area contributed by atoms with E-state index in [0.29, 0.717) is 12.0 Å². The molecule has 0 aliphatic carbocycles. The minimum absolute atomic E-state index is 0.0496. The Kier molecular flexibility index (Phi) is 4.22. The highest BCUT2D eigenvalue weighted by atomic mass is 16.4. The van der Waals surface area contributed by atoms with Gasteiger partial charge in [0.1, 0.15) is 0 Å². The molecule has 0 aliphatic heterocycles. The lowest BCUT2D eigenvalue weighted by atomic mass is 10.1. The highest BCUT2D eigenvalue weighted by Crippen LogP contribution is 2.08. The van der Waals surface area contributed by atoms with Crippen molar-refractivity contribution in [3.63, 3.8) is 0 Å². The Labute approximate surface area is 65.7 Å². The topological polar surface area (TPSA) is 57.5 Å². The fraction of sp³-hybridized carbons (Fsp3) is 0.375. The first-order valence-electron chi connectivity index (χ1n) is 3.29. The lowest BCUT2D eigenvalue weighted by Crippen LogP contribution is -2.01. The van der Waals surface area contributed by atoms with Crippen LogP contribution in [0.2, 0.25) is 0 Å². The van der Waals surface area contributed by atoms with Gasteiger partial charge in [0.25, 0.3) is 0 Å². The van der Waals surface area contributed by atoms with E-state index in [0.717, 1.165) is 0 Å². The smallest absolute Gasteiger partial charge is 0.331 e. The molecule has 0 heterocycles. The fourth-order valence-electron chi connectivity index (χ4n) is 0.700. The van der Waals surface area contributed by atoms with Crippen LogP contribution < -0.4 is 0 Å². The van der Waals surface area contributed by atoms with E-state index in [1.165, 1.54) is 13.0 Å². The summed E-state index contributed by atoms with van der Waals surface area (Å²) in [5, 5.41) is 17.0. The maximum atomic E-state index is 10.4. The van der Waals surface area contributed by atoms with E-state index in [9.17, 15) is 4.79 Å². The number of aliphatic hydroxyl groups excluding tert-OH is 1. The molecule has 3 nitrogen and oxygen atoms in total. The van der Waals surface area contributed by atoms with Crippen LogP contribution in [0.3, 0.4) is 0 Å². The van der Waals surface area contributed by atoms with Crippen LogP contribution in [0.15, 0.2) is 23.8 Å². The molecular weight excluding hydrogens is 144 g/mol. The van der Waals surface area contributed by atoms with Crippen LogP contribution in [-0.4, -0.2) is 22.8 Å². The van der Waals surface area contributed by atoms with Crippen LogP contribution in [-0.2, 0) is 4.79 Å². The van der Waals surface area contributed by atoms with E-state index in [1.807, 2.05) is 0 Å². The summed E-state index contributed by atoms with van der Waals surface area (Å²) >= 11 is 0. The summed E-state index contributed by atoms with van der Waals surface area (Å²) < 4.78 is 0. The summed E-state index contributed by atoms with van der Waals surface area (Å²) in [6.45, 7) is 4.90. The molecule has 0 bridgehead atoms. The zero-order valence-electron chi connectivity index (χ0n) is 6.50. The number of rotatable bonds is 4. The summed E-state index contributed by atoms with van der Waals surface area (Å²) in [6.07, 6.45) is 1.81. The number of carboxylic acid groups (broad SMARTS) is 1. The van der Waals surface area contributed by atoms with Crippen molar-refractivity contribution in [1.82, 2.24) is 0 Å². The second kappa shape index (κ2) is 4.68. The Bertz CT molecular complexity index is 192. The van der Waals surface area contributed by atoms with Gasteiger partial charge in [-0.2, -0.15) is 0 Å². The number of carboxylic acids is 1. The Morgan fingerprint density at radius 2 is 2.18 bits per heavy atom. The van der Waals surface area contributed by atoms with Crippen molar-refractivity contribution < 1.29 is 15.0 Å². The van der Waals surface area contributed by atoms with Crippen LogP contribution in [0.4, 0.5) is 0 Å². The highest BCUT2D eigenvalue weighted by Gasteiger charge is 2.04. The van der Waals surface area contributed by atoms with E-state index in [4.69, 9.17) is 10.2 Å². The average Bonchev–Trinajstić information content (AvgIpc) is 1.98. The third kappa shape index (κ3) is 3.00. The van der Waals surface area contributed by atoms with Gasteiger partial charge >= 0.3 is 5.97 Å². The van der Waals surface area contributed by atoms with Crippen molar-refractivity contribution in [2.75, 3.05) is 6.61 Å². The molecule has 0 saturated carbocycles. The third-order valence-electron chi connectivity index (χ3n) is 1.43. The van der Waals surface area contributed by atoms with Gasteiger partial charge in [-0.25, -0.2) is 4.79 Å². The largest absolute Gasteiger partial charge is 0.478 e. The second-order valence-electron chi connectivity index (χ2n) is 2.13. The van der Waals surface area contributed by atoms with Crippen molar-refractivity contribution in [3.05, 3.63) is 23.8 Å². The molecule has 0 radical (unpaired) electrons. The number of aliphatic carboxylic acids is 1. The van der Waals surface area contributed by atoms with Crippen molar-refractivity contribution in [2.24, 2.45) is 0 Å². The van der Waals surface area contributed by atoms with Gasteiger partial charge in [-0.1, -0.05) is 12.7 Å². The Hall–Kier alpha value is -1.09. The van der Waals surface area contributed by atoms with Gasteiger partial charge in [-0.3, -0.25) is 0 Å². The highest BCUT2D eigenvalue weighted by molar-refractivity contribution is 5.87. The van der Waals surface area contributed by atoms with Crippen LogP contribution in [0.1, 0.15) is 13.3 Å². The first kappa shape index (κ1) is 9.91. The van der Waals surface area contributed by atoms with Gasteiger partial charge in [0.2, 0.25) is 0 Å². The molecule has 0 aromatic carbocycles. The molecule has 0 saturated heterocycles. The zero-order valence-corrected chi connectivity index (χ0v) is 6.50. The number of hydrogen-bond donors (Lipinski definition) is 2. The molecule has 3 heteroatoms. The standard InChI is InChI=1S/C8H12O3/c1-3-7(4-5-9)6(2)8(10)11/h3,9H,1,4-5H2,2H3,(H,10,11). The summed E-state index contributed by atoms with van der Waals surface area (Å²) in [4.78, 5) is 10.4. The molecule has 0 amide bonds.